The number of nitrogens with one attached hydrogen (secondary N) is 1. The van der Waals surface area contributed by atoms with E-state index in [1.165, 1.54) is 39.8 Å². The number of rotatable bonds is 9. The van der Waals surface area contributed by atoms with Crippen LogP contribution >= 0.6 is 11.6 Å². The summed E-state index contributed by atoms with van der Waals surface area (Å²) in [5.41, 5.74) is 0.958. The number of likely N-dealkylation sites (tertiary alicyclic amines) is 2. The van der Waals surface area contributed by atoms with Crippen LogP contribution in [0, 0.1) is 17.8 Å². The van der Waals surface area contributed by atoms with Crippen LogP contribution in [0.2, 0.25) is 5.02 Å². The monoisotopic (exact) mass is 668 g/mol. The molecule has 15 heteroatoms. The fraction of sp³-hybridized carbons (Fsp3) is 0.469. The lowest BCUT2D eigenvalue weighted by Crippen LogP contribution is -2.44. The number of benzene rings is 1. The predicted octanol–water partition coefficient (Wildman–Crippen LogP) is 4.31. The highest BCUT2D eigenvalue weighted by molar-refractivity contribution is 6.31. The average Bonchev–Trinajstić information content (AvgIpc) is 3.78. The number of carbonyl (C=O) groups excluding carboxylic acids is 2. The molecule has 248 valence electrons. The molecule has 1 aromatic carbocycles. The molecule has 47 heavy (non-hydrogen) atoms. The van der Waals surface area contributed by atoms with Gasteiger partial charge in [-0.2, -0.15) is 19.0 Å². The predicted molar refractivity (Wildman–Crippen MR) is 168 cm³/mol. The van der Waals surface area contributed by atoms with Crippen molar-refractivity contribution < 1.29 is 27.8 Å². The van der Waals surface area contributed by atoms with Crippen molar-refractivity contribution >= 4 is 34.7 Å². The van der Waals surface area contributed by atoms with Crippen molar-refractivity contribution in [1.82, 2.24) is 34.2 Å². The number of anilines is 1. The fourth-order valence-corrected chi connectivity index (χ4v) is 7.20. The molecule has 0 spiro atoms. The van der Waals surface area contributed by atoms with Gasteiger partial charge in [0.15, 0.2) is 5.65 Å². The van der Waals surface area contributed by atoms with E-state index in [1.807, 2.05) is 4.90 Å². The van der Waals surface area contributed by atoms with Gasteiger partial charge in [0, 0.05) is 75.1 Å². The van der Waals surface area contributed by atoms with Crippen LogP contribution in [-0.2, 0) is 16.1 Å². The van der Waals surface area contributed by atoms with E-state index in [9.17, 15) is 18.4 Å². The zero-order chi connectivity index (χ0) is 32.5. The second-order valence-electron chi connectivity index (χ2n) is 12.4. The Labute approximate surface area is 274 Å². The lowest BCUT2D eigenvalue weighted by atomic mass is 9.89. The van der Waals surface area contributed by atoms with Crippen molar-refractivity contribution in [1.29, 1.82) is 0 Å². The van der Waals surface area contributed by atoms with Gasteiger partial charge in [-0.25, -0.2) is 9.50 Å². The van der Waals surface area contributed by atoms with Crippen molar-refractivity contribution in [3.05, 3.63) is 59.6 Å². The number of piperidine rings is 1. The molecule has 3 fully saturated rings. The third-order valence-electron chi connectivity index (χ3n) is 9.33. The smallest absolute Gasteiger partial charge is 0.387 e. The summed E-state index contributed by atoms with van der Waals surface area (Å²) < 4.78 is 39.9. The minimum absolute atomic E-state index is 0.101. The van der Waals surface area contributed by atoms with E-state index in [2.05, 4.69) is 25.4 Å². The number of alkyl halides is 2. The number of hydrogen-bond acceptors (Lipinski definition) is 8. The van der Waals surface area contributed by atoms with Gasteiger partial charge in [0.1, 0.15) is 23.6 Å². The van der Waals surface area contributed by atoms with E-state index in [0.29, 0.717) is 36.5 Å². The molecule has 3 saturated heterocycles. The van der Waals surface area contributed by atoms with Crippen LogP contribution in [0.1, 0.15) is 29.6 Å². The highest BCUT2D eigenvalue weighted by Crippen LogP contribution is 2.38. The van der Waals surface area contributed by atoms with Gasteiger partial charge in [0.2, 0.25) is 5.91 Å². The molecular formula is C32H35ClF2N8O4. The molecule has 2 atom stereocenters. The minimum Gasteiger partial charge on any atom is -0.434 e. The normalized spacial score (nSPS) is 20.6. The van der Waals surface area contributed by atoms with Gasteiger partial charge in [-0.15, -0.1) is 0 Å². The van der Waals surface area contributed by atoms with Gasteiger partial charge in [-0.1, -0.05) is 11.6 Å². The summed E-state index contributed by atoms with van der Waals surface area (Å²) in [4.78, 5) is 35.7. The maximum atomic E-state index is 13.6. The highest BCUT2D eigenvalue weighted by atomic mass is 35.5. The molecule has 2 amide bonds. The molecular weight excluding hydrogens is 634 g/mol. The van der Waals surface area contributed by atoms with Crippen LogP contribution in [0.3, 0.4) is 0 Å². The number of carbonyl (C=O) groups is 2. The lowest BCUT2D eigenvalue weighted by molar-refractivity contribution is -0.134. The first kappa shape index (κ1) is 31.5. The largest absolute Gasteiger partial charge is 0.434 e. The van der Waals surface area contributed by atoms with Gasteiger partial charge >= 0.3 is 6.61 Å². The quantitative estimate of drug-likeness (QED) is 0.281. The highest BCUT2D eigenvalue weighted by Gasteiger charge is 2.39. The molecule has 0 saturated carbocycles. The van der Waals surface area contributed by atoms with Gasteiger partial charge < -0.3 is 24.6 Å². The third-order valence-corrected chi connectivity index (χ3v) is 9.57. The Balaban J connectivity index is 1.10. The average molecular weight is 669 g/mol. The van der Waals surface area contributed by atoms with E-state index in [0.717, 1.165) is 52.1 Å². The standard InChI is InChI=1S/C32H35ClF2N8O4/c33-23-2-3-27(47-32(34)35)24(12-23)29-26(38-31(45)25-13-37-43-8-1-7-36-30(25)43)18-42(39-29)19-28(44)41-9-4-21-15-40(16-22(21)17-41)14-20-5-10-46-11-6-20/h1-3,7-8,12-13,18,20-22,32H,4-6,9-11,14-17,19H2,(H,38,45)/t21-,22-/m0/s1. The van der Waals surface area contributed by atoms with Gasteiger partial charge in [-0.3, -0.25) is 14.3 Å². The third kappa shape index (κ3) is 6.94. The Morgan fingerprint density at radius 2 is 1.96 bits per heavy atom. The molecule has 12 nitrogen and oxygen atoms in total. The maximum absolute atomic E-state index is 13.6. The van der Waals surface area contributed by atoms with Crippen LogP contribution < -0.4 is 10.1 Å². The number of fused-ring (bicyclic) bond motifs is 2. The van der Waals surface area contributed by atoms with Gasteiger partial charge in [-0.05, 0) is 61.3 Å². The first-order chi connectivity index (χ1) is 22.8. The second kappa shape index (κ2) is 13.5. The van der Waals surface area contributed by atoms with E-state index in [1.54, 1.807) is 18.5 Å². The van der Waals surface area contributed by atoms with Crippen LogP contribution in [0.5, 0.6) is 5.75 Å². The molecule has 3 aliphatic heterocycles. The number of halogens is 3. The van der Waals surface area contributed by atoms with Crippen LogP contribution in [-0.4, -0.2) is 98.5 Å². The van der Waals surface area contributed by atoms with Crippen molar-refractivity contribution in [2.45, 2.75) is 32.4 Å². The molecule has 0 unspecified atom stereocenters. The second-order valence-corrected chi connectivity index (χ2v) is 12.9. The zero-order valence-electron chi connectivity index (χ0n) is 25.6. The Morgan fingerprint density at radius 1 is 1.13 bits per heavy atom. The Hall–Kier alpha value is -4.14. The first-order valence-corrected chi connectivity index (χ1v) is 16.2. The molecule has 1 N–H and O–H groups in total. The van der Waals surface area contributed by atoms with Gasteiger partial charge in [0.05, 0.1) is 11.9 Å². The molecule has 4 aromatic rings. The summed E-state index contributed by atoms with van der Waals surface area (Å²) in [7, 11) is 0. The first-order valence-electron chi connectivity index (χ1n) is 15.8. The Morgan fingerprint density at radius 3 is 2.79 bits per heavy atom. The Bertz CT molecular complexity index is 1760. The SMILES string of the molecule is O=C(Nc1cn(CC(=O)N2CC[C@H]3CN(CC4CCOCC4)C[C@H]3C2)nc1-c1cc(Cl)ccc1OC(F)F)c1cnn2cccnc12. The van der Waals surface area contributed by atoms with E-state index in [-0.39, 0.29) is 45.7 Å². The lowest BCUT2D eigenvalue weighted by Gasteiger charge is -2.34. The maximum Gasteiger partial charge on any atom is 0.387 e. The van der Waals surface area contributed by atoms with Gasteiger partial charge in [0.25, 0.3) is 5.91 Å². The van der Waals surface area contributed by atoms with Crippen molar-refractivity contribution in [3.8, 4) is 17.0 Å². The molecule has 0 radical (unpaired) electrons. The van der Waals surface area contributed by atoms with Crippen molar-refractivity contribution in [3.63, 3.8) is 0 Å². The summed E-state index contributed by atoms with van der Waals surface area (Å²) >= 11 is 6.26. The molecule has 3 aliphatic rings. The van der Waals surface area contributed by atoms with Crippen LogP contribution in [0.15, 0.2) is 49.1 Å². The number of nitrogens with zero attached hydrogens (tertiary/aromatic N) is 7. The van der Waals surface area contributed by atoms with Crippen molar-refractivity contribution in [2.24, 2.45) is 17.8 Å². The molecule has 0 aliphatic carbocycles. The number of hydrogen-bond donors (Lipinski definition) is 1. The number of aromatic nitrogens is 5. The van der Waals surface area contributed by atoms with Crippen molar-refractivity contribution in [2.75, 3.05) is 51.3 Å². The molecule has 7 rings (SSSR count). The van der Waals surface area contributed by atoms with Crippen LogP contribution in [0.4, 0.5) is 14.5 Å². The Kier molecular flexibility index (Phi) is 9.06. The van der Waals surface area contributed by atoms with E-state index >= 15 is 0 Å². The fourth-order valence-electron chi connectivity index (χ4n) is 7.03. The summed E-state index contributed by atoms with van der Waals surface area (Å²) in [5.74, 6) is 0.819. The molecule has 3 aromatic heterocycles. The summed E-state index contributed by atoms with van der Waals surface area (Å²) in [5, 5.41) is 11.8. The summed E-state index contributed by atoms with van der Waals surface area (Å²) in [6, 6.07) is 5.84. The van der Waals surface area contributed by atoms with Crippen LogP contribution in [0.25, 0.3) is 16.9 Å². The molecule has 6 heterocycles. The zero-order valence-corrected chi connectivity index (χ0v) is 26.4. The van der Waals surface area contributed by atoms with E-state index < -0.39 is 12.5 Å². The molecule has 0 bridgehead atoms. The minimum atomic E-state index is -3.10. The van der Waals surface area contributed by atoms with E-state index in [4.69, 9.17) is 21.1 Å². The topological polar surface area (TPSA) is 119 Å². The number of amides is 2. The summed E-state index contributed by atoms with van der Waals surface area (Å²) in [6.45, 7) is 2.94. The summed E-state index contributed by atoms with van der Waals surface area (Å²) in [6.07, 6.45) is 9.24. The number of ether oxygens (including phenoxy) is 2.